The fourth-order valence-corrected chi connectivity index (χ4v) is 2.40. The molecule has 0 bridgehead atoms. The first-order valence-electron chi connectivity index (χ1n) is 7.94. The van der Waals surface area contributed by atoms with E-state index in [9.17, 15) is 4.79 Å². The van der Waals surface area contributed by atoms with Crippen LogP contribution in [0.3, 0.4) is 0 Å². The monoisotopic (exact) mass is 289 g/mol. The minimum absolute atomic E-state index is 0.130. The van der Waals surface area contributed by atoms with Gasteiger partial charge < -0.3 is 10.4 Å². The quantitative estimate of drug-likeness (QED) is 0.502. The number of hydrogen-bond donors (Lipinski definition) is 2. The zero-order chi connectivity index (χ0) is 15.4. The Morgan fingerprint density at radius 3 is 2.57 bits per heavy atom. The van der Waals surface area contributed by atoms with Crippen molar-refractivity contribution in [1.29, 1.82) is 0 Å². The number of nitrogens with one attached hydrogen (secondary N) is 1. The summed E-state index contributed by atoms with van der Waals surface area (Å²) < 4.78 is 0. The average Bonchev–Trinajstić information content (AvgIpc) is 2.49. The molecule has 3 nitrogen and oxygen atoms in total. The molecule has 0 fully saturated rings. The number of carbonyl (C=O) groups excluding carboxylic acids is 1. The van der Waals surface area contributed by atoms with Crippen LogP contribution in [0.15, 0.2) is 24.3 Å². The van der Waals surface area contributed by atoms with Gasteiger partial charge in [0.1, 0.15) is 6.11 Å². The van der Waals surface area contributed by atoms with E-state index in [-0.39, 0.29) is 11.3 Å². The molecule has 0 heterocycles. The smallest absolute Gasteiger partial charge is 0.230 e. The van der Waals surface area contributed by atoms with Crippen LogP contribution in [-0.4, -0.2) is 17.6 Å². The molecule has 0 radical (unpaired) electrons. The third kappa shape index (κ3) is 7.04. The van der Waals surface area contributed by atoms with Crippen LogP contribution in [-0.2, 0) is 4.79 Å². The molecule has 1 unspecified atom stereocenters. The maximum Gasteiger partial charge on any atom is 0.230 e. The molecule has 0 aromatic carbocycles. The molecule has 3 heteroatoms. The van der Waals surface area contributed by atoms with E-state index in [0.29, 0.717) is 0 Å². The van der Waals surface area contributed by atoms with Crippen LogP contribution in [0.4, 0.5) is 0 Å². The molecule has 0 aromatic rings. The van der Waals surface area contributed by atoms with Gasteiger partial charge in [0.05, 0.1) is 5.41 Å². The molecule has 2 N–H and O–H groups in total. The predicted molar refractivity (Wildman–Crippen MR) is 86.0 cm³/mol. The molecule has 21 heavy (non-hydrogen) atoms. The third-order valence-corrected chi connectivity index (χ3v) is 3.87. The molecule has 0 saturated carbocycles. The maximum atomic E-state index is 12.1. The summed E-state index contributed by atoms with van der Waals surface area (Å²) in [4.78, 5) is 12.1. The summed E-state index contributed by atoms with van der Waals surface area (Å²) in [7, 11) is 0. The van der Waals surface area contributed by atoms with Gasteiger partial charge in [-0.05, 0) is 26.2 Å². The van der Waals surface area contributed by atoms with Gasteiger partial charge in [0.15, 0.2) is 0 Å². The van der Waals surface area contributed by atoms with Crippen LogP contribution >= 0.6 is 0 Å². The number of allylic oxidation sites excluding steroid dienone is 3. The van der Waals surface area contributed by atoms with Crippen molar-refractivity contribution in [2.45, 2.75) is 58.3 Å². The molecular weight excluding hydrogens is 262 g/mol. The van der Waals surface area contributed by atoms with E-state index in [4.69, 9.17) is 5.11 Å². The Morgan fingerprint density at radius 1 is 1.19 bits per heavy atom. The number of unbranched alkanes of at least 4 members (excludes halogenated alkanes) is 6. The van der Waals surface area contributed by atoms with Crippen molar-refractivity contribution in [3.05, 3.63) is 24.3 Å². The molecule has 0 aliphatic heterocycles. The first kappa shape index (κ1) is 17.4. The Morgan fingerprint density at radius 2 is 1.90 bits per heavy atom. The van der Waals surface area contributed by atoms with Crippen molar-refractivity contribution in [3.8, 4) is 12.0 Å². The highest BCUT2D eigenvalue weighted by Crippen LogP contribution is 2.27. The van der Waals surface area contributed by atoms with Crippen LogP contribution in [0.2, 0.25) is 0 Å². The van der Waals surface area contributed by atoms with Gasteiger partial charge in [-0.25, -0.2) is 0 Å². The Balaban J connectivity index is 1.99. The first-order valence-corrected chi connectivity index (χ1v) is 7.94. The standard InChI is InChI=1S/C18H27NO2/c1-18(13-9-8-10-14-18)17(21)19-15-11-6-4-2-3-5-7-12-16-20/h8-10,13,20H,2-7,11,14-15H2,1H3,(H,19,21). The summed E-state index contributed by atoms with van der Waals surface area (Å²) >= 11 is 0. The molecule has 0 saturated heterocycles. The second-order valence-electron chi connectivity index (χ2n) is 5.82. The van der Waals surface area contributed by atoms with Gasteiger partial charge in [-0.2, -0.15) is 0 Å². The van der Waals surface area contributed by atoms with E-state index in [1.165, 1.54) is 12.8 Å². The lowest BCUT2D eigenvalue weighted by Crippen LogP contribution is -2.38. The van der Waals surface area contributed by atoms with E-state index >= 15 is 0 Å². The lowest BCUT2D eigenvalue weighted by atomic mass is 9.83. The predicted octanol–water partition coefficient (Wildman–Crippen LogP) is 3.69. The SMILES string of the molecule is CC1(C(=O)NCCCCCCCCC#CO)C=CC=CC1. The highest BCUT2D eigenvalue weighted by atomic mass is 16.2. The molecule has 1 rings (SSSR count). The maximum absolute atomic E-state index is 12.1. The normalized spacial score (nSPS) is 19.9. The molecule has 1 atom stereocenters. The van der Waals surface area contributed by atoms with Gasteiger partial charge in [0.2, 0.25) is 5.91 Å². The Hall–Kier alpha value is -1.69. The zero-order valence-electron chi connectivity index (χ0n) is 13.0. The highest BCUT2D eigenvalue weighted by molar-refractivity contribution is 5.84. The van der Waals surface area contributed by atoms with Crippen LogP contribution < -0.4 is 5.32 Å². The summed E-state index contributed by atoms with van der Waals surface area (Å²) in [6, 6.07) is 0. The largest absolute Gasteiger partial charge is 0.462 e. The summed E-state index contributed by atoms with van der Waals surface area (Å²) in [5.74, 6) is 2.78. The lowest BCUT2D eigenvalue weighted by molar-refractivity contribution is -0.127. The van der Waals surface area contributed by atoms with Gasteiger partial charge in [0.25, 0.3) is 0 Å². The van der Waals surface area contributed by atoms with Crippen molar-refractivity contribution in [2.75, 3.05) is 6.54 Å². The third-order valence-electron chi connectivity index (χ3n) is 3.87. The molecule has 116 valence electrons. The van der Waals surface area contributed by atoms with E-state index in [0.717, 1.165) is 45.1 Å². The molecular formula is C18H27NO2. The summed E-state index contributed by atoms with van der Waals surface area (Å²) in [6.07, 6.45) is 18.3. The van der Waals surface area contributed by atoms with Gasteiger partial charge >= 0.3 is 0 Å². The molecule has 0 aromatic heterocycles. The number of aliphatic hydroxyl groups excluding tert-OH is 1. The van der Waals surface area contributed by atoms with Gasteiger partial charge in [-0.1, -0.05) is 55.9 Å². The van der Waals surface area contributed by atoms with Gasteiger partial charge in [-0.3, -0.25) is 4.79 Å². The van der Waals surface area contributed by atoms with Crippen molar-refractivity contribution >= 4 is 5.91 Å². The van der Waals surface area contributed by atoms with Gasteiger partial charge in [-0.15, -0.1) is 0 Å². The average molecular weight is 289 g/mol. The van der Waals surface area contributed by atoms with E-state index in [1.54, 1.807) is 0 Å². The minimum Gasteiger partial charge on any atom is -0.462 e. The number of hydrogen-bond acceptors (Lipinski definition) is 2. The van der Waals surface area contributed by atoms with Crippen molar-refractivity contribution in [2.24, 2.45) is 5.41 Å². The highest BCUT2D eigenvalue weighted by Gasteiger charge is 2.29. The summed E-state index contributed by atoms with van der Waals surface area (Å²) in [6.45, 7) is 2.75. The van der Waals surface area contributed by atoms with Crippen LogP contribution in [0.25, 0.3) is 0 Å². The van der Waals surface area contributed by atoms with Crippen LogP contribution in [0.1, 0.15) is 58.3 Å². The second-order valence-corrected chi connectivity index (χ2v) is 5.82. The number of carbonyl (C=O) groups is 1. The van der Waals surface area contributed by atoms with E-state index in [2.05, 4.69) is 11.2 Å². The number of aliphatic hydroxyl groups is 1. The minimum atomic E-state index is -0.373. The van der Waals surface area contributed by atoms with Crippen LogP contribution in [0.5, 0.6) is 0 Å². The summed E-state index contributed by atoms with van der Waals surface area (Å²) in [5.41, 5.74) is -0.373. The fraction of sp³-hybridized carbons (Fsp3) is 0.611. The Bertz CT molecular complexity index is 428. The molecule has 1 amide bonds. The van der Waals surface area contributed by atoms with Crippen molar-refractivity contribution in [3.63, 3.8) is 0 Å². The van der Waals surface area contributed by atoms with Crippen LogP contribution in [0, 0.1) is 17.4 Å². The lowest BCUT2D eigenvalue weighted by Gasteiger charge is -2.25. The van der Waals surface area contributed by atoms with Gasteiger partial charge in [0, 0.05) is 13.0 Å². The second kappa shape index (κ2) is 10.1. The number of rotatable bonds is 9. The Kier molecular flexibility index (Phi) is 8.35. The summed E-state index contributed by atoms with van der Waals surface area (Å²) in [5, 5.41) is 11.4. The Labute approximate surface area is 128 Å². The first-order chi connectivity index (χ1) is 10.2. The topological polar surface area (TPSA) is 49.3 Å². The molecule has 1 aliphatic carbocycles. The van der Waals surface area contributed by atoms with E-state index < -0.39 is 0 Å². The zero-order valence-corrected chi connectivity index (χ0v) is 13.0. The fourth-order valence-electron chi connectivity index (χ4n) is 2.40. The molecule has 0 spiro atoms. The number of amides is 1. The molecule has 1 aliphatic rings. The van der Waals surface area contributed by atoms with Crippen molar-refractivity contribution < 1.29 is 9.90 Å². The van der Waals surface area contributed by atoms with Crippen molar-refractivity contribution in [1.82, 2.24) is 5.32 Å². The van der Waals surface area contributed by atoms with E-state index in [1.807, 2.05) is 37.3 Å².